The van der Waals surface area contributed by atoms with Crippen molar-refractivity contribution >= 4 is 15.7 Å². The standard InChI is InChI=1S/C17H27NO3S/c1-13(2)5-8-15(4)18-17(19)12-22(20,21)11-16-9-6-14(3)7-10-16/h6-7,9-10,13,15H,5,8,11-12H2,1-4H3,(H,18,19)/t15-/m0/s1. The Labute approximate surface area is 134 Å². The molecule has 0 radical (unpaired) electrons. The minimum Gasteiger partial charge on any atom is -0.353 e. The Hall–Kier alpha value is -1.36. The smallest absolute Gasteiger partial charge is 0.235 e. The predicted octanol–water partition coefficient (Wildman–Crippen LogP) is 2.85. The van der Waals surface area contributed by atoms with Gasteiger partial charge in [-0.1, -0.05) is 43.7 Å². The second-order valence-corrected chi connectivity index (χ2v) is 8.52. The zero-order valence-electron chi connectivity index (χ0n) is 13.9. The summed E-state index contributed by atoms with van der Waals surface area (Å²) in [5.74, 6) is -0.387. The average molecular weight is 325 g/mol. The summed E-state index contributed by atoms with van der Waals surface area (Å²) in [6, 6.07) is 7.33. The monoisotopic (exact) mass is 325 g/mol. The van der Waals surface area contributed by atoms with E-state index in [1.54, 1.807) is 12.1 Å². The number of aryl methyl sites for hydroxylation is 1. The van der Waals surface area contributed by atoms with E-state index in [1.807, 2.05) is 26.0 Å². The van der Waals surface area contributed by atoms with Crippen LogP contribution in [-0.4, -0.2) is 26.1 Å². The third kappa shape index (κ3) is 7.59. The number of nitrogens with one attached hydrogen (secondary N) is 1. The molecule has 5 heteroatoms. The molecule has 1 amide bonds. The molecule has 0 spiro atoms. The van der Waals surface area contributed by atoms with Crippen molar-refractivity contribution in [2.24, 2.45) is 5.92 Å². The molecule has 0 saturated carbocycles. The van der Waals surface area contributed by atoms with Gasteiger partial charge in [0, 0.05) is 6.04 Å². The zero-order valence-corrected chi connectivity index (χ0v) is 14.7. The van der Waals surface area contributed by atoms with Gasteiger partial charge >= 0.3 is 0 Å². The Morgan fingerprint density at radius 3 is 2.23 bits per heavy atom. The van der Waals surface area contributed by atoms with Crippen molar-refractivity contribution in [1.29, 1.82) is 0 Å². The summed E-state index contributed by atoms with van der Waals surface area (Å²) in [6.07, 6.45) is 1.87. The van der Waals surface area contributed by atoms with E-state index < -0.39 is 21.5 Å². The molecule has 0 unspecified atom stereocenters. The average Bonchev–Trinajstić information content (AvgIpc) is 2.38. The second kappa shape index (κ2) is 8.32. The minimum absolute atomic E-state index is 0.00414. The van der Waals surface area contributed by atoms with E-state index in [1.165, 1.54) is 0 Å². The lowest BCUT2D eigenvalue weighted by molar-refractivity contribution is -0.119. The van der Waals surface area contributed by atoms with Crippen LogP contribution in [0.3, 0.4) is 0 Å². The van der Waals surface area contributed by atoms with Crippen LogP contribution in [0.2, 0.25) is 0 Å². The minimum atomic E-state index is -3.44. The van der Waals surface area contributed by atoms with E-state index in [0.29, 0.717) is 11.5 Å². The molecule has 0 bridgehead atoms. The summed E-state index contributed by atoms with van der Waals surface area (Å²) in [4.78, 5) is 11.9. The maximum atomic E-state index is 12.1. The molecule has 1 aromatic rings. The lowest BCUT2D eigenvalue weighted by Crippen LogP contribution is -2.37. The molecule has 1 N–H and O–H groups in total. The molecule has 1 atom stereocenters. The molecule has 0 heterocycles. The molecule has 1 rings (SSSR count). The first kappa shape index (κ1) is 18.7. The SMILES string of the molecule is Cc1ccc(CS(=O)(=O)CC(=O)N[C@@H](C)CCC(C)C)cc1. The number of hydrogen-bond donors (Lipinski definition) is 1. The van der Waals surface area contributed by atoms with Gasteiger partial charge in [-0.15, -0.1) is 0 Å². The second-order valence-electron chi connectivity index (χ2n) is 6.46. The fourth-order valence-corrected chi connectivity index (χ4v) is 3.45. The number of hydrogen-bond acceptors (Lipinski definition) is 3. The maximum Gasteiger partial charge on any atom is 0.235 e. The topological polar surface area (TPSA) is 63.2 Å². The third-order valence-electron chi connectivity index (χ3n) is 3.44. The van der Waals surface area contributed by atoms with Gasteiger partial charge in [-0.25, -0.2) is 8.42 Å². The molecule has 0 aliphatic rings. The Morgan fingerprint density at radius 2 is 1.68 bits per heavy atom. The van der Waals surface area contributed by atoms with Gasteiger partial charge in [0.2, 0.25) is 5.91 Å². The van der Waals surface area contributed by atoms with Gasteiger partial charge in [-0.3, -0.25) is 4.79 Å². The van der Waals surface area contributed by atoms with Gasteiger partial charge in [0.25, 0.3) is 0 Å². The Bertz CT molecular complexity index is 576. The van der Waals surface area contributed by atoms with Crippen LogP contribution >= 0.6 is 0 Å². The first-order valence-electron chi connectivity index (χ1n) is 7.73. The van der Waals surface area contributed by atoms with Crippen LogP contribution in [0.25, 0.3) is 0 Å². The molecule has 4 nitrogen and oxygen atoms in total. The van der Waals surface area contributed by atoms with E-state index in [-0.39, 0.29) is 11.8 Å². The summed E-state index contributed by atoms with van der Waals surface area (Å²) >= 11 is 0. The number of carbonyl (C=O) groups excluding carboxylic acids is 1. The number of amides is 1. The van der Waals surface area contributed by atoms with Gasteiger partial charge in [0.15, 0.2) is 9.84 Å². The van der Waals surface area contributed by atoms with Crippen molar-refractivity contribution in [2.45, 2.75) is 52.3 Å². The van der Waals surface area contributed by atoms with Gasteiger partial charge in [0.1, 0.15) is 5.75 Å². The highest BCUT2D eigenvalue weighted by Gasteiger charge is 2.18. The Kier molecular flexibility index (Phi) is 7.07. The lowest BCUT2D eigenvalue weighted by Gasteiger charge is -2.15. The van der Waals surface area contributed by atoms with Gasteiger partial charge < -0.3 is 5.32 Å². The van der Waals surface area contributed by atoms with Crippen LogP contribution in [0.1, 0.15) is 44.7 Å². The van der Waals surface area contributed by atoms with Gasteiger partial charge in [0.05, 0.1) is 5.75 Å². The quantitative estimate of drug-likeness (QED) is 0.799. The summed E-state index contributed by atoms with van der Waals surface area (Å²) in [7, 11) is -3.44. The van der Waals surface area contributed by atoms with E-state index in [0.717, 1.165) is 18.4 Å². The highest BCUT2D eigenvalue weighted by molar-refractivity contribution is 7.91. The lowest BCUT2D eigenvalue weighted by atomic mass is 10.0. The summed E-state index contributed by atoms with van der Waals surface area (Å²) in [5.41, 5.74) is 1.80. The van der Waals surface area contributed by atoms with Crippen molar-refractivity contribution < 1.29 is 13.2 Å². The largest absolute Gasteiger partial charge is 0.353 e. The number of benzene rings is 1. The molecule has 0 aliphatic heterocycles. The summed E-state index contributed by atoms with van der Waals surface area (Å²) in [6.45, 7) is 8.11. The number of sulfone groups is 1. The number of carbonyl (C=O) groups is 1. The fraction of sp³-hybridized carbons (Fsp3) is 0.588. The van der Waals surface area contributed by atoms with Gasteiger partial charge in [-0.05, 0) is 38.2 Å². The van der Waals surface area contributed by atoms with Crippen LogP contribution in [0.5, 0.6) is 0 Å². The summed E-state index contributed by atoms with van der Waals surface area (Å²) < 4.78 is 24.2. The van der Waals surface area contributed by atoms with Crippen molar-refractivity contribution in [1.82, 2.24) is 5.32 Å². The molecule has 0 aromatic heterocycles. The predicted molar refractivity (Wildman–Crippen MR) is 90.3 cm³/mol. The molecular formula is C17H27NO3S. The highest BCUT2D eigenvalue weighted by Crippen LogP contribution is 2.09. The molecular weight excluding hydrogens is 298 g/mol. The van der Waals surface area contributed by atoms with Gasteiger partial charge in [-0.2, -0.15) is 0 Å². The van der Waals surface area contributed by atoms with Crippen LogP contribution in [0.4, 0.5) is 0 Å². The van der Waals surface area contributed by atoms with Crippen LogP contribution in [0.15, 0.2) is 24.3 Å². The van der Waals surface area contributed by atoms with Crippen molar-refractivity contribution in [3.8, 4) is 0 Å². The fourth-order valence-electron chi connectivity index (χ4n) is 2.16. The van der Waals surface area contributed by atoms with E-state index in [4.69, 9.17) is 0 Å². The Morgan fingerprint density at radius 1 is 1.09 bits per heavy atom. The Balaban J connectivity index is 2.49. The van der Waals surface area contributed by atoms with Crippen molar-refractivity contribution in [3.63, 3.8) is 0 Å². The number of rotatable bonds is 8. The van der Waals surface area contributed by atoms with Crippen molar-refractivity contribution in [2.75, 3.05) is 5.75 Å². The van der Waals surface area contributed by atoms with E-state index in [9.17, 15) is 13.2 Å². The maximum absolute atomic E-state index is 12.1. The molecule has 0 fully saturated rings. The normalized spacial score (nSPS) is 13.1. The molecule has 0 aliphatic carbocycles. The first-order chi connectivity index (χ1) is 10.2. The summed E-state index contributed by atoms with van der Waals surface area (Å²) in [5, 5.41) is 2.77. The third-order valence-corrected chi connectivity index (χ3v) is 4.92. The van der Waals surface area contributed by atoms with Crippen LogP contribution in [-0.2, 0) is 20.4 Å². The zero-order chi connectivity index (χ0) is 16.8. The highest BCUT2D eigenvalue weighted by atomic mass is 32.2. The molecule has 22 heavy (non-hydrogen) atoms. The van der Waals surface area contributed by atoms with E-state index >= 15 is 0 Å². The first-order valence-corrected chi connectivity index (χ1v) is 9.55. The molecule has 124 valence electrons. The van der Waals surface area contributed by atoms with Crippen molar-refractivity contribution in [3.05, 3.63) is 35.4 Å². The van der Waals surface area contributed by atoms with E-state index in [2.05, 4.69) is 19.2 Å². The molecule has 0 saturated heterocycles. The van der Waals surface area contributed by atoms with Crippen LogP contribution in [0, 0.1) is 12.8 Å². The molecule has 1 aromatic carbocycles. The van der Waals surface area contributed by atoms with Crippen LogP contribution < -0.4 is 5.32 Å².